The largest absolute Gasteiger partial charge is 0.756 e. The summed E-state index contributed by atoms with van der Waals surface area (Å²) in [6.07, 6.45) is 20.3. The maximum absolute atomic E-state index is 11.9. The van der Waals surface area contributed by atoms with E-state index in [-0.39, 0.29) is 0 Å². The van der Waals surface area contributed by atoms with Crippen LogP contribution in [0.1, 0.15) is 115 Å². The van der Waals surface area contributed by atoms with Crippen LogP contribution < -0.4 is 4.89 Å². The lowest BCUT2D eigenvalue weighted by molar-refractivity contribution is -0.170. The Hall–Kier alpha value is 0.140. The lowest BCUT2D eigenvalue weighted by Gasteiger charge is -2.11. The van der Waals surface area contributed by atoms with E-state index in [9.17, 15) is 9.79 Å². The van der Waals surface area contributed by atoms with E-state index in [0.29, 0.717) is 0 Å². The fraction of sp³-hybridized carbons (Fsp3) is 0.750. The Morgan fingerprint density at radius 2 is 1.28 bits per heavy atom. The van der Waals surface area contributed by atoms with E-state index in [1.807, 2.05) is 12.1 Å². The SMILES string of the molecule is CCCCCCCCCc1cccc([S+]=P([O-])(O)S)c1CCCCCCCCC. The Bertz CT molecular complexity index is 590. The van der Waals surface area contributed by atoms with Gasteiger partial charge in [-0.1, -0.05) is 115 Å². The van der Waals surface area contributed by atoms with E-state index >= 15 is 0 Å². The molecule has 0 bridgehead atoms. The summed E-state index contributed by atoms with van der Waals surface area (Å²) in [6, 6.07) is 6.25. The predicted molar refractivity (Wildman–Crippen MR) is 134 cm³/mol. The van der Waals surface area contributed by atoms with Crippen LogP contribution in [0.4, 0.5) is 0 Å². The molecule has 0 aromatic heterocycles. The first kappa shape index (κ1) is 27.2. The first-order chi connectivity index (χ1) is 14.0. The molecule has 168 valence electrons. The van der Waals surface area contributed by atoms with Gasteiger partial charge in [-0.2, -0.15) is 0 Å². The first-order valence-corrected chi connectivity index (χ1v) is 16.1. The molecule has 0 saturated heterocycles. The summed E-state index contributed by atoms with van der Waals surface area (Å²) in [5.74, 6) is 0. The first-order valence-electron chi connectivity index (χ1n) is 11.8. The molecule has 1 rings (SSSR count). The Morgan fingerprint density at radius 1 is 0.793 bits per heavy atom. The van der Waals surface area contributed by atoms with Gasteiger partial charge in [0.25, 0.3) is 0 Å². The van der Waals surface area contributed by atoms with E-state index in [1.54, 1.807) is 0 Å². The molecule has 5 heteroatoms. The van der Waals surface area contributed by atoms with Crippen LogP contribution in [-0.4, -0.2) is 4.89 Å². The summed E-state index contributed by atoms with van der Waals surface area (Å²) in [4.78, 5) is 22.6. The standard InChI is InChI=1S/C24H43O2PS2/c1-3-5-7-9-11-13-15-18-22-19-17-21-24(29-27(25,26)28)23(22)20-16-14-12-10-8-6-4-2/h17,19,21H,3-16,18,20H2,1-2H3,(H2-,25,26,28). The van der Waals surface area contributed by atoms with Gasteiger partial charge in [-0.05, 0) is 31.2 Å². The van der Waals surface area contributed by atoms with Crippen LogP contribution in [0, 0.1) is 0 Å². The molecule has 0 aliphatic heterocycles. The van der Waals surface area contributed by atoms with Crippen molar-refractivity contribution in [2.24, 2.45) is 0 Å². The molecule has 0 aliphatic carbocycles. The molecule has 0 heterocycles. The van der Waals surface area contributed by atoms with Crippen LogP contribution in [0.3, 0.4) is 0 Å². The van der Waals surface area contributed by atoms with Crippen molar-refractivity contribution in [3.05, 3.63) is 29.3 Å². The minimum absolute atomic E-state index is 0.956. The Morgan fingerprint density at radius 3 is 1.79 bits per heavy atom. The van der Waals surface area contributed by atoms with Gasteiger partial charge in [-0.25, -0.2) is 0 Å². The van der Waals surface area contributed by atoms with Crippen LogP contribution in [0.2, 0.25) is 0 Å². The molecule has 1 unspecified atom stereocenters. The third kappa shape index (κ3) is 13.9. The zero-order valence-electron chi connectivity index (χ0n) is 18.7. The second kappa shape index (κ2) is 16.8. The second-order valence-electron chi connectivity index (χ2n) is 8.22. The number of benzene rings is 1. The molecule has 1 N–H and O–H groups in total. The Labute approximate surface area is 189 Å². The number of unbranched alkanes of at least 4 members (excludes halogenated alkanes) is 12. The highest BCUT2D eigenvalue weighted by Crippen LogP contribution is 2.40. The average molecular weight is 459 g/mol. The molecule has 1 aromatic carbocycles. The molecule has 0 fully saturated rings. The van der Waals surface area contributed by atoms with Gasteiger partial charge in [0.2, 0.25) is 21.5 Å². The van der Waals surface area contributed by atoms with Crippen LogP contribution in [0.25, 0.3) is 0 Å². The topological polar surface area (TPSA) is 43.3 Å². The van der Waals surface area contributed by atoms with E-state index in [2.05, 4.69) is 32.2 Å². The van der Waals surface area contributed by atoms with Gasteiger partial charge >= 0.3 is 0 Å². The van der Waals surface area contributed by atoms with Crippen molar-refractivity contribution in [1.82, 2.24) is 0 Å². The molecule has 29 heavy (non-hydrogen) atoms. The van der Waals surface area contributed by atoms with Gasteiger partial charge in [0.05, 0.1) is 0 Å². The van der Waals surface area contributed by atoms with Crippen molar-refractivity contribution >= 4 is 28.9 Å². The fourth-order valence-corrected chi connectivity index (χ4v) is 6.69. The van der Waals surface area contributed by atoms with Crippen LogP contribution in [0.15, 0.2) is 23.1 Å². The molecule has 1 aromatic rings. The smallest absolute Gasteiger partial charge is 0.242 e. The number of rotatable bonds is 17. The monoisotopic (exact) mass is 458 g/mol. The molecule has 0 spiro atoms. The summed E-state index contributed by atoms with van der Waals surface area (Å²) in [5.41, 5.74) is -0.765. The second-order valence-corrected chi connectivity index (χ2v) is 14.3. The summed E-state index contributed by atoms with van der Waals surface area (Å²) < 4.78 is 0. The number of hydrogen-bond donors (Lipinski definition) is 2. The normalized spacial score (nSPS) is 13.4. The third-order valence-corrected chi connectivity index (χ3v) is 8.38. The van der Waals surface area contributed by atoms with E-state index in [1.165, 1.54) is 94.6 Å². The van der Waals surface area contributed by atoms with Crippen molar-refractivity contribution in [3.8, 4) is 0 Å². The van der Waals surface area contributed by atoms with Gasteiger partial charge in [0.1, 0.15) is 0 Å². The lowest BCUT2D eigenvalue weighted by Crippen LogP contribution is -2.01. The van der Waals surface area contributed by atoms with Crippen molar-refractivity contribution in [2.75, 3.05) is 0 Å². The van der Waals surface area contributed by atoms with Gasteiger partial charge in [-0.15, -0.1) is 0 Å². The van der Waals surface area contributed by atoms with Gasteiger partial charge < -0.3 is 9.79 Å². The van der Waals surface area contributed by atoms with Gasteiger partial charge in [-0.3, -0.25) is 0 Å². The zero-order valence-corrected chi connectivity index (χ0v) is 21.3. The average Bonchev–Trinajstić information content (AvgIpc) is 2.67. The molecule has 0 aliphatic rings. The maximum atomic E-state index is 11.9. The summed E-state index contributed by atoms with van der Waals surface area (Å²) in [5, 5.41) is 0. The van der Waals surface area contributed by atoms with Crippen LogP contribution in [0.5, 0.6) is 0 Å². The molecule has 2 nitrogen and oxygen atoms in total. The zero-order chi connectivity index (χ0) is 21.4. The van der Waals surface area contributed by atoms with Crippen molar-refractivity contribution in [2.45, 2.75) is 121 Å². The molecule has 0 amide bonds. The molecular formula is C24H43O2PS2. The van der Waals surface area contributed by atoms with E-state index in [4.69, 9.17) is 0 Å². The summed E-state index contributed by atoms with van der Waals surface area (Å²) in [7, 11) is 1.04. The highest BCUT2D eigenvalue weighted by Gasteiger charge is 2.18. The predicted octanol–water partition coefficient (Wildman–Crippen LogP) is 7.67. The van der Waals surface area contributed by atoms with Crippen molar-refractivity contribution < 1.29 is 9.79 Å². The van der Waals surface area contributed by atoms with E-state index < -0.39 is 5.69 Å². The van der Waals surface area contributed by atoms with Crippen LogP contribution >= 0.6 is 17.9 Å². The fourth-order valence-electron chi connectivity index (χ4n) is 3.87. The van der Waals surface area contributed by atoms with Crippen molar-refractivity contribution in [3.63, 3.8) is 0 Å². The summed E-state index contributed by atoms with van der Waals surface area (Å²) in [6.45, 7) is 4.51. The number of aryl methyl sites for hydroxylation is 1. The highest BCUT2D eigenvalue weighted by molar-refractivity contribution is 8.61. The Kier molecular flexibility index (Phi) is 15.7. The molecule has 0 saturated carbocycles. The molecule has 1 atom stereocenters. The number of thiol groups is 1. The minimum Gasteiger partial charge on any atom is -0.756 e. The Balaban J connectivity index is 2.63. The molecular weight excluding hydrogens is 415 g/mol. The van der Waals surface area contributed by atoms with E-state index in [0.717, 1.165) is 35.1 Å². The van der Waals surface area contributed by atoms with Crippen LogP contribution in [-0.2, 0) is 23.8 Å². The third-order valence-electron chi connectivity index (χ3n) is 5.53. The van der Waals surface area contributed by atoms with Crippen molar-refractivity contribution in [1.29, 1.82) is 0 Å². The maximum Gasteiger partial charge on any atom is 0.242 e. The summed E-state index contributed by atoms with van der Waals surface area (Å²) >= 11 is 3.90. The number of hydrogen-bond acceptors (Lipinski definition) is 1. The minimum atomic E-state index is -3.43. The highest BCUT2D eigenvalue weighted by atomic mass is 32.9. The quantitative estimate of drug-likeness (QED) is 0.109. The lowest BCUT2D eigenvalue weighted by atomic mass is 9.96. The molecule has 0 radical (unpaired) electrons. The van der Waals surface area contributed by atoms with Gasteiger partial charge in [0, 0.05) is 11.6 Å². The van der Waals surface area contributed by atoms with Gasteiger partial charge in [0.15, 0.2) is 0 Å².